The van der Waals surface area contributed by atoms with E-state index in [2.05, 4.69) is 16.5 Å². The Morgan fingerprint density at radius 1 is 1.19 bits per heavy atom. The summed E-state index contributed by atoms with van der Waals surface area (Å²) in [6.07, 6.45) is 0. The van der Waals surface area contributed by atoms with Crippen LogP contribution in [0.15, 0.2) is 54.6 Å². The van der Waals surface area contributed by atoms with E-state index in [1.807, 2.05) is 42.5 Å². The summed E-state index contributed by atoms with van der Waals surface area (Å²) in [5, 5.41) is 16.7. The molecule has 3 aromatic rings. The summed E-state index contributed by atoms with van der Waals surface area (Å²) < 4.78 is 7.63. The van der Waals surface area contributed by atoms with Crippen molar-refractivity contribution in [3.05, 3.63) is 71.5 Å². The zero-order valence-corrected chi connectivity index (χ0v) is 14.6. The highest BCUT2D eigenvalue weighted by Crippen LogP contribution is 2.26. The zero-order chi connectivity index (χ0) is 18.5. The summed E-state index contributed by atoms with van der Waals surface area (Å²) in [5.41, 5.74) is 3.23. The summed E-state index contributed by atoms with van der Waals surface area (Å²) in [6, 6.07) is 19.0. The van der Waals surface area contributed by atoms with Gasteiger partial charge in [0.2, 0.25) is 5.91 Å². The van der Waals surface area contributed by atoms with Gasteiger partial charge in [0.25, 0.3) is 0 Å². The van der Waals surface area contributed by atoms with Crippen LogP contribution in [-0.4, -0.2) is 15.7 Å². The van der Waals surface area contributed by atoms with E-state index >= 15 is 0 Å². The lowest BCUT2D eigenvalue weighted by Crippen LogP contribution is -2.10. The van der Waals surface area contributed by atoms with E-state index in [1.54, 1.807) is 23.7 Å². The Morgan fingerprint density at radius 3 is 2.58 bits per heavy atom. The van der Waals surface area contributed by atoms with Crippen LogP contribution in [0.25, 0.3) is 5.69 Å². The van der Waals surface area contributed by atoms with Gasteiger partial charge in [-0.2, -0.15) is 10.4 Å². The van der Waals surface area contributed by atoms with Crippen molar-refractivity contribution >= 4 is 11.6 Å². The molecule has 1 amide bonds. The second-order valence-electron chi connectivity index (χ2n) is 5.73. The summed E-state index contributed by atoms with van der Waals surface area (Å²) in [5.74, 6) is 0.356. The molecule has 1 heterocycles. The minimum atomic E-state index is -0.177. The Labute approximate surface area is 151 Å². The zero-order valence-electron chi connectivity index (χ0n) is 14.6. The van der Waals surface area contributed by atoms with Gasteiger partial charge >= 0.3 is 0 Å². The van der Waals surface area contributed by atoms with Crippen molar-refractivity contribution in [3.8, 4) is 17.5 Å². The Balaban J connectivity index is 1.94. The maximum absolute atomic E-state index is 11.4. The minimum absolute atomic E-state index is 0.148. The smallest absolute Gasteiger partial charge is 0.221 e. The third-order valence-corrected chi connectivity index (χ3v) is 3.83. The highest BCUT2D eigenvalue weighted by molar-refractivity contribution is 5.90. The standard InChI is InChI=1S/C20H18N4O2/c1-14-17(12-21)19(24(23-14)16-8-4-3-5-9-16)13-26-20-11-7-6-10-18(20)22-15(2)25/h3-11H,13H2,1-2H3,(H,22,25). The van der Waals surface area contributed by atoms with Crippen LogP contribution < -0.4 is 10.1 Å². The SMILES string of the molecule is CC(=O)Nc1ccccc1OCc1c(C#N)c(C)nn1-c1ccccc1. The Bertz CT molecular complexity index is 971. The summed E-state index contributed by atoms with van der Waals surface area (Å²) in [4.78, 5) is 11.4. The van der Waals surface area contributed by atoms with Crippen LogP contribution in [0.4, 0.5) is 5.69 Å². The van der Waals surface area contributed by atoms with Gasteiger partial charge in [0.05, 0.1) is 22.8 Å². The number of benzene rings is 2. The number of aryl methyl sites for hydroxylation is 1. The quantitative estimate of drug-likeness (QED) is 0.765. The molecule has 0 bridgehead atoms. The number of carbonyl (C=O) groups excluding carboxylic acids is 1. The van der Waals surface area contributed by atoms with Gasteiger partial charge in [-0.25, -0.2) is 4.68 Å². The fourth-order valence-corrected chi connectivity index (χ4v) is 2.67. The first-order valence-electron chi connectivity index (χ1n) is 8.13. The van der Waals surface area contributed by atoms with Crippen molar-refractivity contribution in [1.82, 2.24) is 9.78 Å². The molecule has 26 heavy (non-hydrogen) atoms. The lowest BCUT2D eigenvalue weighted by Gasteiger charge is -2.13. The number of ether oxygens (including phenoxy) is 1. The summed E-state index contributed by atoms with van der Waals surface area (Å²) in [7, 11) is 0. The van der Waals surface area contributed by atoms with Crippen molar-refractivity contribution in [2.45, 2.75) is 20.5 Å². The maximum Gasteiger partial charge on any atom is 0.221 e. The first kappa shape index (κ1) is 17.2. The summed E-state index contributed by atoms with van der Waals surface area (Å²) in [6.45, 7) is 3.39. The van der Waals surface area contributed by atoms with E-state index in [9.17, 15) is 10.1 Å². The van der Waals surface area contributed by atoms with E-state index in [4.69, 9.17) is 4.74 Å². The number of anilines is 1. The molecule has 0 atom stereocenters. The number of hydrogen-bond acceptors (Lipinski definition) is 4. The number of nitrogens with one attached hydrogen (secondary N) is 1. The molecule has 2 aromatic carbocycles. The third-order valence-electron chi connectivity index (χ3n) is 3.83. The van der Waals surface area contributed by atoms with Crippen LogP contribution in [0.1, 0.15) is 23.9 Å². The van der Waals surface area contributed by atoms with Crippen molar-refractivity contribution < 1.29 is 9.53 Å². The lowest BCUT2D eigenvalue weighted by molar-refractivity contribution is -0.114. The molecule has 6 heteroatoms. The molecule has 1 aromatic heterocycles. The van der Waals surface area contributed by atoms with Crippen molar-refractivity contribution in [3.63, 3.8) is 0 Å². The van der Waals surface area contributed by atoms with E-state index in [0.717, 1.165) is 5.69 Å². The van der Waals surface area contributed by atoms with E-state index in [1.165, 1.54) is 6.92 Å². The Hall–Kier alpha value is -3.59. The average Bonchev–Trinajstić information content (AvgIpc) is 2.96. The second kappa shape index (κ2) is 7.53. The molecule has 0 unspecified atom stereocenters. The average molecular weight is 346 g/mol. The number of hydrogen-bond donors (Lipinski definition) is 1. The van der Waals surface area contributed by atoms with Gasteiger partial charge < -0.3 is 10.1 Å². The van der Waals surface area contributed by atoms with Crippen LogP contribution in [0.5, 0.6) is 5.75 Å². The maximum atomic E-state index is 11.4. The number of rotatable bonds is 5. The van der Waals surface area contributed by atoms with Crippen molar-refractivity contribution in [1.29, 1.82) is 5.26 Å². The molecule has 1 N–H and O–H groups in total. The molecule has 3 rings (SSSR count). The molecule has 0 aliphatic heterocycles. The molecule has 0 saturated carbocycles. The monoisotopic (exact) mass is 346 g/mol. The Kier molecular flexibility index (Phi) is 4.99. The van der Waals surface area contributed by atoms with Gasteiger partial charge in [-0.15, -0.1) is 0 Å². The number of carbonyl (C=O) groups is 1. The number of amides is 1. The van der Waals surface area contributed by atoms with Crippen LogP contribution >= 0.6 is 0 Å². The molecule has 6 nitrogen and oxygen atoms in total. The normalized spacial score (nSPS) is 10.2. The van der Waals surface area contributed by atoms with E-state index < -0.39 is 0 Å². The molecular formula is C20H18N4O2. The first-order chi connectivity index (χ1) is 12.6. The predicted molar refractivity (Wildman–Crippen MR) is 98.1 cm³/mol. The number of nitrogens with zero attached hydrogens (tertiary/aromatic N) is 3. The number of nitriles is 1. The van der Waals surface area contributed by atoms with Crippen LogP contribution in [0.2, 0.25) is 0 Å². The van der Waals surface area contributed by atoms with Gasteiger partial charge in [-0.1, -0.05) is 30.3 Å². The summed E-state index contributed by atoms with van der Waals surface area (Å²) >= 11 is 0. The van der Waals surface area contributed by atoms with Gasteiger partial charge in [0, 0.05) is 6.92 Å². The third kappa shape index (κ3) is 3.57. The second-order valence-corrected chi connectivity index (χ2v) is 5.73. The highest BCUT2D eigenvalue weighted by Gasteiger charge is 2.17. The fourth-order valence-electron chi connectivity index (χ4n) is 2.67. The fraction of sp³-hybridized carbons (Fsp3) is 0.150. The van der Waals surface area contributed by atoms with E-state index in [0.29, 0.717) is 28.4 Å². The van der Waals surface area contributed by atoms with Crippen molar-refractivity contribution in [2.75, 3.05) is 5.32 Å². The molecule has 0 radical (unpaired) electrons. The minimum Gasteiger partial charge on any atom is -0.485 e. The molecule has 0 saturated heterocycles. The van der Waals surface area contributed by atoms with Gasteiger partial charge in [-0.05, 0) is 31.2 Å². The molecule has 0 aliphatic rings. The van der Waals surface area contributed by atoms with Crippen molar-refractivity contribution in [2.24, 2.45) is 0 Å². The Morgan fingerprint density at radius 2 is 1.88 bits per heavy atom. The van der Waals surface area contributed by atoms with Crippen LogP contribution in [-0.2, 0) is 11.4 Å². The largest absolute Gasteiger partial charge is 0.485 e. The highest BCUT2D eigenvalue weighted by atomic mass is 16.5. The first-order valence-corrected chi connectivity index (χ1v) is 8.13. The molecule has 0 fully saturated rings. The van der Waals surface area contributed by atoms with Gasteiger partial charge in [-0.3, -0.25) is 4.79 Å². The number of para-hydroxylation sites is 3. The van der Waals surface area contributed by atoms with E-state index in [-0.39, 0.29) is 12.5 Å². The van der Waals surface area contributed by atoms with Gasteiger partial charge in [0.1, 0.15) is 24.0 Å². The lowest BCUT2D eigenvalue weighted by atomic mass is 10.2. The molecular weight excluding hydrogens is 328 g/mol. The predicted octanol–water partition coefficient (Wildman–Crippen LogP) is 3.59. The topological polar surface area (TPSA) is 79.9 Å². The van der Waals surface area contributed by atoms with Crippen LogP contribution in [0, 0.1) is 18.3 Å². The molecule has 0 spiro atoms. The molecule has 0 aliphatic carbocycles. The molecule has 130 valence electrons. The van der Waals surface area contributed by atoms with Crippen LogP contribution in [0.3, 0.4) is 0 Å². The number of aromatic nitrogens is 2. The van der Waals surface area contributed by atoms with Gasteiger partial charge in [0.15, 0.2) is 0 Å².